The molecule has 0 radical (unpaired) electrons. The second kappa shape index (κ2) is 6.55. The minimum absolute atomic E-state index is 0.147. The number of nitrogens with one attached hydrogen (secondary N) is 1. The first-order valence-electron chi connectivity index (χ1n) is 6.65. The van der Waals surface area contributed by atoms with Gasteiger partial charge in [-0.05, 0) is 18.4 Å². The highest BCUT2D eigenvalue weighted by Crippen LogP contribution is 2.33. The van der Waals surface area contributed by atoms with E-state index in [-0.39, 0.29) is 18.2 Å². The Kier molecular flexibility index (Phi) is 4.49. The zero-order valence-corrected chi connectivity index (χ0v) is 13.6. The van der Waals surface area contributed by atoms with E-state index in [0.717, 1.165) is 20.8 Å². The molecular formula is C14H12F2N4OS2. The Bertz CT molecular complexity index is 811. The number of thiazole rings is 1. The summed E-state index contributed by atoms with van der Waals surface area (Å²) in [7, 11) is 0. The van der Waals surface area contributed by atoms with Gasteiger partial charge in [-0.3, -0.25) is 9.36 Å². The van der Waals surface area contributed by atoms with Crippen LogP contribution in [-0.2, 0) is 11.2 Å². The van der Waals surface area contributed by atoms with Crippen molar-refractivity contribution in [2.24, 2.45) is 0 Å². The molecule has 120 valence electrons. The number of nitrogens with zero attached hydrogens (tertiary/aromatic N) is 3. The fourth-order valence-electron chi connectivity index (χ4n) is 2.04. The first-order chi connectivity index (χ1) is 11.0. The number of anilines is 1. The van der Waals surface area contributed by atoms with E-state index in [0.29, 0.717) is 15.7 Å². The summed E-state index contributed by atoms with van der Waals surface area (Å²) in [6, 6.07) is 3.76. The average Bonchev–Trinajstić information content (AvgIpc) is 3.19. The zero-order valence-electron chi connectivity index (χ0n) is 12.0. The number of aromatic nitrogens is 3. The summed E-state index contributed by atoms with van der Waals surface area (Å²) in [5, 5.41) is 4.98. The third kappa shape index (κ3) is 3.45. The minimum atomic E-state index is -2.68. The summed E-state index contributed by atoms with van der Waals surface area (Å²) in [6.07, 6.45) is 2.79. The molecule has 0 saturated carbocycles. The maximum atomic E-state index is 12.9. The summed E-state index contributed by atoms with van der Waals surface area (Å²) in [6.45, 7) is -0.975. The molecule has 0 aliphatic heterocycles. The Morgan fingerprint density at radius 2 is 2.30 bits per heavy atom. The molecule has 0 unspecified atom stereocenters. The van der Waals surface area contributed by atoms with Gasteiger partial charge in [0.05, 0.1) is 17.0 Å². The lowest BCUT2D eigenvalue weighted by Crippen LogP contribution is -2.13. The third-order valence-electron chi connectivity index (χ3n) is 3.04. The van der Waals surface area contributed by atoms with Crippen molar-refractivity contribution < 1.29 is 13.6 Å². The minimum Gasteiger partial charge on any atom is -0.302 e. The van der Waals surface area contributed by atoms with Gasteiger partial charge in [-0.25, -0.2) is 9.97 Å². The van der Waals surface area contributed by atoms with Crippen LogP contribution in [0.1, 0.15) is 17.1 Å². The lowest BCUT2D eigenvalue weighted by Gasteiger charge is -2.04. The Morgan fingerprint density at radius 1 is 1.48 bits per heavy atom. The Morgan fingerprint density at radius 3 is 3.00 bits per heavy atom. The molecule has 0 aliphatic rings. The van der Waals surface area contributed by atoms with Gasteiger partial charge in [0.1, 0.15) is 0 Å². The highest BCUT2D eigenvalue weighted by Gasteiger charge is 2.19. The Hall–Kier alpha value is -2.13. The van der Waals surface area contributed by atoms with Gasteiger partial charge in [0, 0.05) is 17.3 Å². The standard InChI is InChI=1S/C14H12F2N4OS2/c1-8-11(12-17-4-5-20(12)13(15)16)23-14(18-8)19-10(21)7-9-3-2-6-22-9/h2-6,13H,7H2,1H3,(H,18,19,21). The number of rotatable bonds is 5. The van der Waals surface area contributed by atoms with E-state index in [4.69, 9.17) is 0 Å². The van der Waals surface area contributed by atoms with Gasteiger partial charge >= 0.3 is 6.55 Å². The summed E-state index contributed by atoms with van der Waals surface area (Å²) in [5.74, 6) is -0.0429. The number of amides is 1. The molecule has 0 saturated heterocycles. The van der Waals surface area contributed by atoms with Crippen LogP contribution < -0.4 is 5.32 Å². The second-order valence-corrected chi connectivity index (χ2v) is 6.70. The van der Waals surface area contributed by atoms with Crippen molar-refractivity contribution in [3.05, 3.63) is 40.5 Å². The SMILES string of the molecule is Cc1nc(NC(=O)Cc2cccs2)sc1-c1nccn1C(F)F. The Labute approximate surface area is 138 Å². The molecule has 23 heavy (non-hydrogen) atoms. The highest BCUT2D eigenvalue weighted by molar-refractivity contribution is 7.19. The van der Waals surface area contributed by atoms with Crippen molar-refractivity contribution in [2.75, 3.05) is 5.32 Å². The number of halogens is 2. The number of alkyl halides is 2. The van der Waals surface area contributed by atoms with Gasteiger partial charge in [0.15, 0.2) is 11.0 Å². The molecule has 1 amide bonds. The Balaban J connectivity index is 1.78. The molecule has 3 aromatic rings. The summed E-state index contributed by atoms with van der Waals surface area (Å²) in [5.41, 5.74) is 0.550. The van der Waals surface area contributed by atoms with Gasteiger partial charge in [0.25, 0.3) is 0 Å². The lowest BCUT2D eigenvalue weighted by atomic mass is 10.3. The molecule has 3 rings (SSSR count). The number of carbonyl (C=O) groups is 1. The molecule has 0 spiro atoms. The number of hydrogen-bond acceptors (Lipinski definition) is 5. The molecule has 3 aromatic heterocycles. The largest absolute Gasteiger partial charge is 0.320 e. The van der Waals surface area contributed by atoms with Crippen molar-refractivity contribution >= 4 is 33.7 Å². The number of imidazole rings is 1. The summed E-state index contributed by atoms with van der Waals surface area (Å²) >= 11 is 2.63. The number of thiophene rings is 1. The molecule has 0 atom stereocenters. The van der Waals surface area contributed by atoms with Crippen molar-refractivity contribution in [3.63, 3.8) is 0 Å². The van der Waals surface area contributed by atoms with Crippen LogP contribution in [-0.4, -0.2) is 20.4 Å². The molecule has 0 aliphatic carbocycles. The first kappa shape index (κ1) is 15.8. The molecule has 0 bridgehead atoms. The molecular weight excluding hydrogens is 342 g/mol. The second-order valence-electron chi connectivity index (χ2n) is 4.67. The van der Waals surface area contributed by atoms with E-state index >= 15 is 0 Å². The number of hydrogen-bond donors (Lipinski definition) is 1. The van der Waals surface area contributed by atoms with Crippen LogP contribution >= 0.6 is 22.7 Å². The van der Waals surface area contributed by atoms with Gasteiger partial charge in [-0.2, -0.15) is 8.78 Å². The normalized spacial score (nSPS) is 11.1. The van der Waals surface area contributed by atoms with Crippen LogP contribution in [0, 0.1) is 6.92 Å². The van der Waals surface area contributed by atoms with Gasteiger partial charge in [0.2, 0.25) is 5.91 Å². The van der Waals surface area contributed by atoms with E-state index in [1.807, 2.05) is 17.5 Å². The average molecular weight is 354 g/mol. The molecule has 9 heteroatoms. The van der Waals surface area contributed by atoms with Crippen LogP contribution in [0.2, 0.25) is 0 Å². The highest BCUT2D eigenvalue weighted by atomic mass is 32.1. The summed E-state index contributed by atoms with van der Waals surface area (Å²) < 4.78 is 26.7. The summed E-state index contributed by atoms with van der Waals surface area (Å²) in [4.78, 5) is 21.6. The molecule has 3 heterocycles. The molecule has 1 N–H and O–H groups in total. The monoisotopic (exact) mass is 354 g/mol. The van der Waals surface area contributed by atoms with Crippen molar-refractivity contribution in [1.29, 1.82) is 0 Å². The lowest BCUT2D eigenvalue weighted by molar-refractivity contribution is -0.115. The van der Waals surface area contributed by atoms with Crippen LogP contribution in [0.4, 0.5) is 13.9 Å². The van der Waals surface area contributed by atoms with Crippen LogP contribution in [0.25, 0.3) is 10.7 Å². The van der Waals surface area contributed by atoms with Crippen LogP contribution in [0.15, 0.2) is 29.9 Å². The number of carbonyl (C=O) groups excluding carboxylic acids is 1. The molecule has 5 nitrogen and oxygen atoms in total. The maximum absolute atomic E-state index is 12.9. The van der Waals surface area contributed by atoms with Gasteiger partial charge in [-0.15, -0.1) is 11.3 Å². The predicted molar refractivity (Wildman–Crippen MR) is 86.0 cm³/mol. The van der Waals surface area contributed by atoms with Crippen molar-refractivity contribution in [2.45, 2.75) is 19.9 Å². The quantitative estimate of drug-likeness (QED) is 0.755. The topological polar surface area (TPSA) is 59.8 Å². The fraction of sp³-hybridized carbons (Fsp3) is 0.214. The third-order valence-corrected chi connectivity index (χ3v) is 4.99. The van der Waals surface area contributed by atoms with Crippen LogP contribution in [0.3, 0.4) is 0 Å². The van der Waals surface area contributed by atoms with E-state index in [9.17, 15) is 13.6 Å². The molecule has 0 aromatic carbocycles. The van der Waals surface area contributed by atoms with Gasteiger partial charge < -0.3 is 5.32 Å². The first-order valence-corrected chi connectivity index (χ1v) is 8.35. The smallest absolute Gasteiger partial charge is 0.302 e. The predicted octanol–water partition coefficient (Wildman–Crippen LogP) is 3.95. The van der Waals surface area contributed by atoms with E-state index in [2.05, 4.69) is 15.3 Å². The van der Waals surface area contributed by atoms with E-state index in [1.54, 1.807) is 6.92 Å². The van der Waals surface area contributed by atoms with Crippen molar-refractivity contribution in [1.82, 2.24) is 14.5 Å². The van der Waals surface area contributed by atoms with Gasteiger partial charge in [-0.1, -0.05) is 17.4 Å². The van der Waals surface area contributed by atoms with E-state index < -0.39 is 6.55 Å². The zero-order chi connectivity index (χ0) is 16.4. The fourth-order valence-corrected chi connectivity index (χ4v) is 3.73. The maximum Gasteiger partial charge on any atom is 0.320 e. The molecule has 0 fully saturated rings. The van der Waals surface area contributed by atoms with Crippen molar-refractivity contribution in [3.8, 4) is 10.7 Å². The van der Waals surface area contributed by atoms with E-state index in [1.165, 1.54) is 23.7 Å². The number of aryl methyl sites for hydroxylation is 1. The van der Waals surface area contributed by atoms with Crippen LogP contribution in [0.5, 0.6) is 0 Å².